The van der Waals surface area contributed by atoms with E-state index >= 15 is 0 Å². The smallest absolute Gasteiger partial charge is 0.0780 e. The van der Waals surface area contributed by atoms with Gasteiger partial charge in [-0.05, 0) is 46.4 Å². The van der Waals surface area contributed by atoms with E-state index in [2.05, 4.69) is 94.4 Å². The Bertz CT molecular complexity index is 1400. The van der Waals surface area contributed by atoms with Gasteiger partial charge in [0.1, 0.15) is 0 Å². The molecule has 0 aliphatic heterocycles. The summed E-state index contributed by atoms with van der Waals surface area (Å²) in [6.45, 7) is 8.90. The van der Waals surface area contributed by atoms with Crippen molar-refractivity contribution < 1.29 is 0 Å². The van der Waals surface area contributed by atoms with Crippen LogP contribution >= 0.6 is 0 Å². The molecule has 5 aromatic rings. The van der Waals surface area contributed by atoms with Crippen molar-refractivity contribution in [2.75, 3.05) is 0 Å². The molecule has 0 saturated carbocycles. The Labute approximate surface area is 177 Å². The van der Waals surface area contributed by atoms with Gasteiger partial charge < -0.3 is 0 Å². The Balaban J connectivity index is 1.78. The number of para-hydroxylation sites is 1. The standard InChI is InChI=1S/C28H26N2/c1-17(2)19-9-11-22-20(15-19)13-14-29-28(22)21-10-12-23-24-7-5-6-8-26(24)30-27(18(3)4)25(23)16-21/h5-18H,1-4H3. The number of aromatic nitrogens is 2. The van der Waals surface area contributed by atoms with Gasteiger partial charge in [-0.25, -0.2) is 0 Å². The Morgan fingerprint density at radius 3 is 2.27 bits per heavy atom. The number of rotatable bonds is 3. The van der Waals surface area contributed by atoms with Crippen LogP contribution in [0.2, 0.25) is 0 Å². The van der Waals surface area contributed by atoms with Crippen molar-refractivity contribution in [2.45, 2.75) is 39.5 Å². The van der Waals surface area contributed by atoms with Crippen LogP contribution in [0.3, 0.4) is 0 Å². The second kappa shape index (κ2) is 7.21. The quantitative estimate of drug-likeness (QED) is 0.293. The molecule has 148 valence electrons. The van der Waals surface area contributed by atoms with Crippen LogP contribution in [0.25, 0.3) is 43.7 Å². The number of hydrogen-bond donors (Lipinski definition) is 0. The highest BCUT2D eigenvalue weighted by Crippen LogP contribution is 2.35. The van der Waals surface area contributed by atoms with Crippen molar-refractivity contribution in [1.29, 1.82) is 0 Å². The van der Waals surface area contributed by atoms with E-state index in [1.165, 1.54) is 32.5 Å². The lowest BCUT2D eigenvalue weighted by Gasteiger charge is -2.14. The summed E-state index contributed by atoms with van der Waals surface area (Å²) >= 11 is 0. The van der Waals surface area contributed by atoms with E-state index in [1.807, 2.05) is 6.20 Å². The van der Waals surface area contributed by atoms with Crippen molar-refractivity contribution in [3.05, 3.63) is 84.2 Å². The largest absolute Gasteiger partial charge is 0.256 e. The molecule has 0 amide bonds. The summed E-state index contributed by atoms with van der Waals surface area (Å²) in [5, 5.41) is 6.12. The van der Waals surface area contributed by atoms with Crippen LogP contribution in [-0.4, -0.2) is 9.97 Å². The van der Waals surface area contributed by atoms with Crippen LogP contribution in [0.1, 0.15) is 50.8 Å². The molecule has 0 atom stereocenters. The number of nitrogens with zero attached hydrogens (tertiary/aromatic N) is 2. The lowest BCUT2D eigenvalue weighted by molar-refractivity contribution is 0.841. The van der Waals surface area contributed by atoms with Crippen LogP contribution in [0.4, 0.5) is 0 Å². The van der Waals surface area contributed by atoms with Gasteiger partial charge in [0.2, 0.25) is 0 Å². The van der Waals surface area contributed by atoms with E-state index in [0.717, 1.165) is 22.5 Å². The van der Waals surface area contributed by atoms with E-state index in [1.54, 1.807) is 0 Å². The Morgan fingerprint density at radius 1 is 0.667 bits per heavy atom. The summed E-state index contributed by atoms with van der Waals surface area (Å²) in [4.78, 5) is 9.79. The molecule has 30 heavy (non-hydrogen) atoms. The van der Waals surface area contributed by atoms with Gasteiger partial charge in [0.25, 0.3) is 0 Å². The molecular formula is C28H26N2. The Morgan fingerprint density at radius 2 is 1.47 bits per heavy atom. The summed E-state index contributed by atoms with van der Waals surface area (Å²) in [6, 6.07) is 24.0. The maximum atomic E-state index is 5.01. The zero-order valence-corrected chi connectivity index (χ0v) is 18.0. The zero-order chi connectivity index (χ0) is 20.8. The minimum absolute atomic E-state index is 0.349. The fourth-order valence-corrected chi connectivity index (χ4v) is 4.35. The first-order chi connectivity index (χ1) is 14.5. The van der Waals surface area contributed by atoms with Gasteiger partial charge in [-0.15, -0.1) is 0 Å². The highest BCUT2D eigenvalue weighted by molar-refractivity contribution is 6.08. The van der Waals surface area contributed by atoms with E-state index in [4.69, 9.17) is 9.97 Å². The Hall–Kier alpha value is -3.26. The predicted molar refractivity (Wildman–Crippen MR) is 128 cm³/mol. The van der Waals surface area contributed by atoms with Crippen LogP contribution in [-0.2, 0) is 0 Å². The summed E-state index contributed by atoms with van der Waals surface area (Å²) in [6.07, 6.45) is 1.92. The van der Waals surface area contributed by atoms with Crippen molar-refractivity contribution >= 4 is 32.4 Å². The van der Waals surface area contributed by atoms with Crippen molar-refractivity contribution in [1.82, 2.24) is 9.97 Å². The zero-order valence-electron chi connectivity index (χ0n) is 18.0. The van der Waals surface area contributed by atoms with Crippen LogP contribution < -0.4 is 0 Å². The van der Waals surface area contributed by atoms with Gasteiger partial charge in [0.15, 0.2) is 0 Å². The predicted octanol–water partition coefficient (Wildman–Crippen LogP) is 7.85. The third kappa shape index (κ3) is 3.04. The van der Waals surface area contributed by atoms with E-state index < -0.39 is 0 Å². The minimum Gasteiger partial charge on any atom is -0.256 e. The molecule has 0 aliphatic carbocycles. The summed E-state index contributed by atoms with van der Waals surface area (Å²) in [7, 11) is 0. The first kappa shape index (κ1) is 18.7. The van der Waals surface area contributed by atoms with Gasteiger partial charge in [-0.2, -0.15) is 0 Å². The van der Waals surface area contributed by atoms with Gasteiger partial charge in [-0.1, -0.05) is 76.2 Å². The molecule has 0 radical (unpaired) electrons. The summed E-state index contributed by atoms with van der Waals surface area (Å²) in [5.74, 6) is 0.862. The topological polar surface area (TPSA) is 25.8 Å². The molecule has 2 aromatic heterocycles. The lowest BCUT2D eigenvalue weighted by Crippen LogP contribution is -1.97. The molecule has 2 heteroatoms. The van der Waals surface area contributed by atoms with Gasteiger partial charge in [0.05, 0.1) is 16.9 Å². The summed E-state index contributed by atoms with van der Waals surface area (Å²) < 4.78 is 0. The third-order valence-electron chi connectivity index (χ3n) is 6.01. The number of benzene rings is 3. The first-order valence-corrected chi connectivity index (χ1v) is 10.7. The lowest BCUT2D eigenvalue weighted by atomic mass is 9.94. The first-order valence-electron chi connectivity index (χ1n) is 10.7. The second-order valence-electron chi connectivity index (χ2n) is 8.72. The van der Waals surface area contributed by atoms with Gasteiger partial charge in [-0.3, -0.25) is 9.97 Å². The fourth-order valence-electron chi connectivity index (χ4n) is 4.35. The highest BCUT2D eigenvalue weighted by atomic mass is 14.7. The molecule has 0 aliphatic rings. The normalized spacial score (nSPS) is 11.9. The molecule has 5 rings (SSSR count). The van der Waals surface area contributed by atoms with Crippen molar-refractivity contribution in [3.8, 4) is 11.3 Å². The van der Waals surface area contributed by atoms with E-state index in [-0.39, 0.29) is 0 Å². The molecule has 0 fully saturated rings. The van der Waals surface area contributed by atoms with Crippen LogP contribution in [0, 0.1) is 0 Å². The molecule has 2 heterocycles. The molecule has 3 aromatic carbocycles. The van der Waals surface area contributed by atoms with Gasteiger partial charge >= 0.3 is 0 Å². The number of fused-ring (bicyclic) bond motifs is 4. The number of hydrogen-bond acceptors (Lipinski definition) is 2. The van der Waals surface area contributed by atoms with E-state index in [0.29, 0.717) is 11.8 Å². The SMILES string of the molecule is CC(C)c1ccc2c(-c3ccc4c(c3)c(C(C)C)nc3ccccc34)nccc2c1. The number of pyridine rings is 2. The average molecular weight is 391 g/mol. The maximum absolute atomic E-state index is 5.01. The molecular weight excluding hydrogens is 364 g/mol. The van der Waals surface area contributed by atoms with Crippen molar-refractivity contribution in [3.63, 3.8) is 0 Å². The minimum atomic E-state index is 0.349. The third-order valence-corrected chi connectivity index (χ3v) is 6.01. The van der Waals surface area contributed by atoms with Crippen LogP contribution in [0.5, 0.6) is 0 Å². The summed E-state index contributed by atoms with van der Waals surface area (Å²) in [5.41, 5.74) is 5.74. The molecule has 0 unspecified atom stereocenters. The monoisotopic (exact) mass is 390 g/mol. The van der Waals surface area contributed by atoms with Gasteiger partial charge in [0, 0.05) is 27.9 Å². The van der Waals surface area contributed by atoms with Crippen LogP contribution in [0.15, 0.2) is 72.9 Å². The molecule has 2 nitrogen and oxygen atoms in total. The Kier molecular flexibility index (Phi) is 4.51. The second-order valence-corrected chi connectivity index (χ2v) is 8.72. The molecule has 0 N–H and O–H groups in total. The van der Waals surface area contributed by atoms with E-state index in [9.17, 15) is 0 Å². The highest BCUT2D eigenvalue weighted by Gasteiger charge is 2.14. The molecule has 0 spiro atoms. The maximum Gasteiger partial charge on any atom is 0.0780 e. The fraction of sp³-hybridized carbons (Fsp3) is 0.214. The molecule has 0 bridgehead atoms. The average Bonchev–Trinajstić information content (AvgIpc) is 2.77. The molecule has 0 saturated heterocycles. The van der Waals surface area contributed by atoms with Crippen molar-refractivity contribution in [2.24, 2.45) is 0 Å².